The lowest BCUT2D eigenvalue weighted by atomic mass is 9.67. The van der Waals surface area contributed by atoms with E-state index in [1.54, 1.807) is 0 Å². The van der Waals surface area contributed by atoms with Crippen molar-refractivity contribution in [1.29, 1.82) is 0 Å². The molecule has 1 amide bonds. The maximum absolute atomic E-state index is 12.4. The Morgan fingerprint density at radius 2 is 1.86 bits per heavy atom. The molecule has 152 valence electrons. The molecule has 0 unspecified atom stereocenters. The van der Waals surface area contributed by atoms with Crippen LogP contribution in [0.2, 0.25) is 0 Å². The summed E-state index contributed by atoms with van der Waals surface area (Å²) in [5, 5.41) is 5.04. The molecule has 1 N–H and O–H groups in total. The van der Waals surface area contributed by atoms with Crippen LogP contribution in [0, 0.1) is 24.7 Å². The van der Waals surface area contributed by atoms with Gasteiger partial charge >= 0.3 is 5.97 Å². The van der Waals surface area contributed by atoms with Crippen molar-refractivity contribution in [2.75, 3.05) is 11.9 Å². The minimum absolute atomic E-state index is 0.00982. The van der Waals surface area contributed by atoms with Gasteiger partial charge in [-0.3, -0.25) is 19.7 Å². The number of nitrogens with one attached hydrogen (secondary N) is 1. The first-order chi connectivity index (χ1) is 14.0. The van der Waals surface area contributed by atoms with Crippen LogP contribution in [0.15, 0.2) is 29.6 Å². The number of carbonyl (C=O) groups excluding carboxylic acids is 3. The maximum Gasteiger partial charge on any atom is 0.309 e. The molecule has 4 rings (SSSR count). The summed E-state index contributed by atoms with van der Waals surface area (Å²) in [5.74, 6) is -0.761. The topological polar surface area (TPSA) is 85.4 Å². The Bertz CT molecular complexity index is 905. The molecule has 2 aliphatic rings. The number of ketones is 1. The largest absolute Gasteiger partial charge is 0.455 e. The van der Waals surface area contributed by atoms with Gasteiger partial charge in [-0.2, -0.15) is 0 Å². The second-order valence-corrected chi connectivity index (χ2v) is 8.81. The zero-order chi connectivity index (χ0) is 20.4. The molecule has 0 spiro atoms. The third kappa shape index (κ3) is 4.56. The van der Waals surface area contributed by atoms with E-state index in [1.165, 1.54) is 16.9 Å². The monoisotopic (exact) mass is 412 g/mol. The van der Waals surface area contributed by atoms with Crippen LogP contribution in [0.5, 0.6) is 0 Å². The van der Waals surface area contributed by atoms with Gasteiger partial charge in [-0.05, 0) is 32.6 Å². The number of hydrogen-bond donors (Lipinski definition) is 1. The van der Waals surface area contributed by atoms with Crippen LogP contribution < -0.4 is 5.32 Å². The van der Waals surface area contributed by atoms with Crippen molar-refractivity contribution in [2.24, 2.45) is 17.8 Å². The fourth-order valence-corrected chi connectivity index (χ4v) is 5.01. The van der Waals surface area contributed by atoms with Crippen LogP contribution in [-0.2, 0) is 19.1 Å². The van der Waals surface area contributed by atoms with Crippen molar-refractivity contribution in [2.45, 2.75) is 39.0 Å². The third-order valence-corrected chi connectivity index (χ3v) is 6.58. The van der Waals surface area contributed by atoms with E-state index < -0.39 is 5.91 Å². The van der Waals surface area contributed by atoms with E-state index in [-0.39, 0.29) is 30.3 Å². The number of amides is 1. The van der Waals surface area contributed by atoms with Gasteiger partial charge in [0.25, 0.3) is 5.91 Å². The molecule has 0 aliphatic heterocycles. The molecule has 0 radical (unpaired) electrons. The Balaban J connectivity index is 1.27. The number of nitrogens with zero attached hydrogens (tertiary/aromatic N) is 1. The van der Waals surface area contributed by atoms with Crippen molar-refractivity contribution in [1.82, 2.24) is 4.98 Å². The van der Waals surface area contributed by atoms with Gasteiger partial charge < -0.3 is 4.74 Å². The predicted molar refractivity (Wildman–Crippen MR) is 110 cm³/mol. The van der Waals surface area contributed by atoms with Crippen molar-refractivity contribution >= 4 is 34.1 Å². The molecule has 1 heterocycles. The second-order valence-electron chi connectivity index (χ2n) is 7.96. The summed E-state index contributed by atoms with van der Waals surface area (Å²) in [4.78, 5) is 41.1. The van der Waals surface area contributed by atoms with Crippen LogP contribution in [0.25, 0.3) is 11.3 Å². The molecule has 1 aromatic heterocycles. The standard InChI is InChI=1S/C22H24N2O4S/c1-13-5-7-14(8-6-13)18-12-29-22(23-18)24-19(25)11-28-21(27)17-9-15-3-2-4-16(10-17)20(15)26/h5-8,12,15-17H,2-4,9-11H2,1H3,(H,23,24,25)/t15-,16-/m0/s1. The lowest BCUT2D eigenvalue weighted by Gasteiger charge is -2.36. The number of benzene rings is 1. The molecular weight excluding hydrogens is 388 g/mol. The molecular formula is C22H24N2O4S. The minimum Gasteiger partial charge on any atom is -0.455 e. The number of aryl methyl sites for hydroxylation is 1. The van der Waals surface area contributed by atoms with E-state index in [0.29, 0.717) is 23.8 Å². The average molecular weight is 413 g/mol. The quantitative estimate of drug-likeness (QED) is 0.751. The lowest BCUT2D eigenvalue weighted by Crippen LogP contribution is -2.40. The highest BCUT2D eigenvalue weighted by atomic mass is 32.1. The minimum atomic E-state index is -0.407. The van der Waals surface area contributed by atoms with Gasteiger partial charge in [0.2, 0.25) is 0 Å². The SMILES string of the molecule is Cc1ccc(-c2csc(NC(=O)COC(=O)C3C[C@@H]4CCC[C@@H](C3)C4=O)n2)cc1. The Hall–Kier alpha value is -2.54. The molecule has 2 aromatic rings. The van der Waals surface area contributed by atoms with Gasteiger partial charge in [-0.25, -0.2) is 4.98 Å². The summed E-state index contributed by atoms with van der Waals surface area (Å²) in [7, 11) is 0. The van der Waals surface area contributed by atoms with Crippen LogP contribution >= 0.6 is 11.3 Å². The van der Waals surface area contributed by atoms with E-state index >= 15 is 0 Å². The van der Waals surface area contributed by atoms with Gasteiger partial charge in [0.05, 0.1) is 11.6 Å². The number of hydrogen-bond acceptors (Lipinski definition) is 6. The predicted octanol–water partition coefficient (Wildman–Crippen LogP) is 4.00. The molecule has 2 atom stereocenters. The number of thiazole rings is 1. The van der Waals surface area contributed by atoms with Crippen LogP contribution in [0.4, 0.5) is 5.13 Å². The zero-order valence-electron chi connectivity index (χ0n) is 16.3. The number of carbonyl (C=O) groups is 3. The Kier molecular flexibility index (Phi) is 5.76. The third-order valence-electron chi connectivity index (χ3n) is 5.82. The van der Waals surface area contributed by atoms with E-state index in [2.05, 4.69) is 10.3 Å². The number of fused-ring (bicyclic) bond motifs is 2. The number of esters is 1. The molecule has 0 saturated heterocycles. The van der Waals surface area contributed by atoms with E-state index in [4.69, 9.17) is 4.74 Å². The second kappa shape index (κ2) is 8.45. The fraction of sp³-hybridized carbons (Fsp3) is 0.455. The summed E-state index contributed by atoms with van der Waals surface area (Å²) >= 11 is 1.33. The molecule has 6 nitrogen and oxygen atoms in total. The first-order valence-electron chi connectivity index (χ1n) is 10.0. The fourth-order valence-electron chi connectivity index (χ4n) is 4.27. The van der Waals surface area contributed by atoms with Crippen LogP contribution in [0.1, 0.15) is 37.7 Å². The first-order valence-corrected chi connectivity index (χ1v) is 10.9. The lowest BCUT2D eigenvalue weighted by molar-refractivity contribution is -0.155. The summed E-state index contributed by atoms with van der Waals surface area (Å²) in [5.41, 5.74) is 2.95. The first kappa shape index (κ1) is 19.8. The Morgan fingerprint density at radius 3 is 2.55 bits per heavy atom. The molecule has 7 heteroatoms. The summed E-state index contributed by atoms with van der Waals surface area (Å²) in [6, 6.07) is 8.00. The van der Waals surface area contributed by atoms with Crippen LogP contribution in [0.3, 0.4) is 0 Å². The van der Waals surface area contributed by atoms with E-state index in [9.17, 15) is 14.4 Å². The van der Waals surface area contributed by atoms with E-state index in [1.807, 2.05) is 36.6 Å². The van der Waals surface area contributed by atoms with Gasteiger partial charge in [0.1, 0.15) is 5.78 Å². The number of ether oxygens (including phenoxy) is 1. The van der Waals surface area contributed by atoms with Gasteiger partial charge in [-0.1, -0.05) is 36.2 Å². The van der Waals surface area contributed by atoms with Crippen molar-refractivity contribution < 1.29 is 19.1 Å². The summed E-state index contributed by atoms with van der Waals surface area (Å²) < 4.78 is 5.24. The normalized spacial score (nSPS) is 23.5. The Morgan fingerprint density at radius 1 is 1.17 bits per heavy atom. The number of anilines is 1. The number of Topliss-reactive ketones (excluding diaryl/α,β-unsaturated/α-hetero) is 1. The highest BCUT2D eigenvalue weighted by Gasteiger charge is 2.41. The molecule has 2 saturated carbocycles. The van der Waals surface area contributed by atoms with Gasteiger partial charge in [0, 0.05) is 22.8 Å². The molecule has 29 heavy (non-hydrogen) atoms. The molecule has 1 aromatic carbocycles. The number of aromatic nitrogens is 1. The van der Waals surface area contributed by atoms with Crippen LogP contribution in [-0.4, -0.2) is 29.3 Å². The molecule has 2 fully saturated rings. The summed E-state index contributed by atoms with van der Waals surface area (Å²) in [6.45, 7) is 1.69. The maximum atomic E-state index is 12.4. The van der Waals surface area contributed by atoms with Gasteiger partial charge in [-0.15, -0.1) is 11.3 Å². The smallest absolute Gasteiger partial charge is 0.309 e. The van der Waals surface area contributed by atoms with Crippen molar-refractivity contribution in [3.63, 3.8) is 0 Å². The zero-order valence-corrected chi connectivity index (χ0v) is 17.2. The van der Waals surface area contributed by atoms with Gasteiger partial charge in [0.15, 0.2) is 11.7 Å². The molecule has 2 aliphatic carbocycles. The average Bonchev–Trinajstić information content (AvgIpc) is 3.15. The Labute approximate surface area is 173 Å². The highest BCUT2D eigenvalue weighted by Crippen LogP contribution is 2.40. The molecule has 2 bridgehead atoms. The summed E-state index contributed by atoms with van der Waals surface area (Å²) in [6.07, 6.45) is 3.91. The van der Waals surface area contributed by atoms with E-state index in [0.717, 1.165) is 30.5 Å². The van der Waals surface area contributed by atoms with Crippen molar-refractivity contribution in [3.05, 3.63) is 35.2 Å². The highest BCUT2D eigenvalue weighted by molar-refractivity contribution is 7.14. The number of rotatable bonds is 5. The van der Waals surface area contributed by atoms with Crippen molar-refractivity contribution in [3.8, 4) is 11.3 Å².